The van der Waals surface area contributed by atoms with Gasteiger partial charge in [-0.2, -0.15) is 0 Å². The van der Waals surface area contributed by atoms with Crippen molar-refractivity contribution in [3.63, 3.8) is 0 Å². The van der Waals surface area contributed by atoms with Crippen LogP contribution in [-0.4, -0.2) is 72.4 Å². The first-order chi connectivity index (χ1) is 4.00. The van der Waals surface area contributed by atoms with E-state index in [0.29, 0.717) is 13.3 Å². The summed E-state index contributed by atoms with van der Waals surface area (Å²) in [5.41, 5.74) is 0. The van der Waals surface area contributed by atoms with Crippen LogP contribution in [0, 0.1) is 0 Å². The van der Waals surface area contributed by atoms with Crippen molar-refractivity contribution in [1.29, 1.82) is 0 Å². The predicted octanol–water partition coefficient (Wildman–Crippen LogP) is -3.70. The SMILES string of the molecule is CP(=O)([O-])[O-].CP(=O)([O-])[O-].[Na+2].[Na+2]. The third-order valence-corrected chi connectivity index (χ3v) is 0. The molecule has 0 N–H and O–H groups in total. The molecule has 0 aromatic carbocycles. The Hall–Kier alpha value is 2.30. The van der Waals surface area contributed by atoms with E-state index in [1.165, 1.54) is 0 Å². The molecule has 62 valence electrons. The molecule has 0 amide bonds. The minimum Gasteiger partial charge on any atom is -0.811 e. The van der Waals surface area contributed by atoms with Crippen molar-refractivity contribution < 1.29 is 28.7 Å². The van der Waals surface area contributed by atoms with Crippen molar-refractivity contribution >= 4 is 74.3 Å². The third kappa shape index (κ3) is 297. The summed E-state index contributed by atoms with van der Waals surface area (Å²) in [5, 5.41) is 0. The molecule has 12 heavy (non-hydrogen) atoms. The van der Waals surface area contributed by atoms with Gasteiger partial charge in [0.15, 0.2) is 0 Å². The Morgan fingerprint density at radius 3 is 0.750 bits per heavy atom. The summed E-state index contributed by atoms with van der Waals surface area (Å²) in [6.45, 7) is 1.26. The van der Waals surface area contributed by atoms with Gasteiger partial charge in [0.1, 0.15) is 0 Å². The molecule has 0 aromatic heterocycles. The Bertz CT molecular complexity index is 134. The van der Waals surface area contributed by atoms with E-state index in [1.807, 2.05) is 0 Å². The summed E-state index contributed by atoms with van der Waals surface area (Å²) >= 11 is 0. The molecular weight excluding hydrogens is 228 g/mol. The normalized spacial score (nSPS) is 9.83. The molecule has 0 atom stereocenters. The molecule has 0 aliphatic rings. The van der Waals surface area contributed by atoms with Crippen LogP contribution in [0.1, 0.15) is 0 Å². The summed E-state index contributed by atoms with van der Waals surface area (Å²) in [5.74, 6) is 0. The fourth-order valence-corrected chi connectivity index (χ4v) is 0. The maximum absolute atomic E-state index is 9.10. The van der Waals surface area contributed by atoms with Crippen LogP contribution in [0.2, 0.25) is 0 Å². The smallest absolute Gasteiger partial charge is 0.811 e. The van der Waals surface area contributed by atoms with E-state index in [1.54, 1.807) is 0 Å². The Labute approximate surface area is 115 Å². The molecule has 0 saturated heterocycles. The summed E-state index contributed by atoms with van der Waals surface area (Å²) < 4.78 is 18.2. The molecule has 0 spiro atoms. The summed E-state index contributed by atoms with van der Waals surface area (Å²) in [6.07, 6.45) is 0. The summed E-state index contributed by atoms with van der Waals surface area (Å²) in [7, 11) is -8.28. The molecule has 0 bridgehead atoms. The van der Waals surface area contributed by atoms with Gasteiger partial charge in [0, 0.05) is 0 Å². The fraction of sp³-hybridized carbons (Fsp3) is 1.00. The largest absolute Gasteiger partial charge is 2.00 e. The minimum atomic E-state index is -4.14. The van der Waals surface area contributed by atoms with E-state index in [0.717, 1.165) is 0 Å². The van der Waals surface area contributed by atoms with Gasteiger partial charge < -0.3 is 28.7 Å². The van der Waals surface area contributed by atoms with Crippen LogP contribution in [0.3, 0.4) is 0 Å². The maximum Gasteiger partial charge on any atom is 2.00 e. The van der Waals surface area contributed by atoms with E-state index < -0.39 is 15.2 Å². The van der Waals surface area contributed by atoms with Crippen molar-refractivity contribution in [2.75, 3.05) is 13.3 Å². The molecule has 0 aliphatic carbocycles. The third-order valence-electron chi connectivity index (χ3n) is 0. The first-order valence-electron chi connectivity index (χ1n) is 1.99. The van der Waals surface area contributed by atoms with E-state index >= 15 is 0 Å². The predicted molar refractivity (Wildman–Crippen MR) is 38.6 cm³/mol. The molecule has 0 unspecified atom stereocenters. The number of rotatable bonds is 0. The fourth-order valence-electron chi connectivity index (χ4n) is 0. The Balaban J connectivity index is -0.0000000457. The van der Waals surface area contributed by atoms with Gasteiger partial charge in [0.2, 0.25) is 0 Å². The van der Waals surface area contributed by atoms with Gasteiger partial charge in [0.25, 0.3) is 0 Å². The molecule has 10 heteroatoms. The average molecular weight is 234 g/mol. The minimum absolute atomic E-state index is 0. The van der Waals surface area contributed by atoms with Gasteiger partial charge in [-0.25, -0.2) is 0 Å². The average Bonchev–Trinajstić information content (AvgIpc) is 1.12. The molecule has 0 heterocycles. The zero-order valence-electron chi connectivity index (χ0n) is 7.34. The van der Waals surface area contributed by atoms with E-state index in [-0.39, 0.29) is 59.1 Å². The van der Waals surface area contributed by atoms with Crippen molar-refractivity contribution in [3.8, 4) is 0 Å². The zero-order valence-corrected chi connectivity index (χ0v) is 13.1. The monoisotopic (exact) mass is 234 g/mol. The molecule has 0 aromatic rings. The molecule has 0 saturated carbocycles. The van der Waals surface area contributed by atoms with Crippen LogP contribution in [0.5, 0.6) is 0 Å². The summed E-state index contributed by atoms with van der Waals surface area (Å²) in [4.78, 5) is 36.4. The first-order valence-corrected chi connectivity index (χ1v) is 5.97. The van der Waals surface area contributed by atoms with Gasteiger partial charge in [0.05, 0.1) is 0 Å². The van der Waals surface area contributed by atoms with Crippen LogP contribution in [0.4, 0.5) is 0 Å². The van der Waals surface area contributed by atoms with Crippen LogP contribution in [0.25, 0.3) is 0 Å². The number of hydrogen-bond donors (Lipinski definition) is 0. The van der Waals surface area contributed by atoms with E-state index in [4.69, 9.17) is 28.7 Å². The number of hydrogen-bond acceptors (Lipinski definition) is 6. The van der Waals surface area contributed by atoms with Crippen LogP contribution >= 0.6 is 15.2 Å². The molecule has 0 fully saturated rings. The van der Waals surface area contributed by atoms with Crippen LogP contribution < -0.4 is 19.6 Å². The topological polar surface area (TPSA) is 126 Å². The second kappa shape index (κ2) is 9.84. The molecule has 6 nitrogen and oxygen atoms in total. The van der Waals surface area contributed by atoms with E-state index in [2.05, 4.69) is 0 Å². The van der Waals surface area contributed by atoms with Gasteiger partial charge >= 0.3 is 59.1 Å². The second-order valence-corrected chi connectivity index (χ2v) is 4.63. The van der Waals surface area contributed by atoms with Crippen molar-refractivity contribution in [2.24, 2.45) is 0 Å². The Morgan fingerprint density at radius 2 is 0.750 bits per heavy atom. The molecule has 0 rings (SSSR count). The van der Waals surface area contributed by atoms with Gasteiger partial charge in [-0.15, -0.1) is 0 Å². The Kier molecular flexibility index (Phi) is 19.6. The molecule has 0 aliphatic heterocycles. The van der Waals surface area contributed by atoms with Crippen molar-refractivity contribution in [1.82, 2.24) is 0 Å². The first kappa shape index (κ1) is 23.8. The Morgan fingerprint density at radius 1 is 0.750 bits per heavy atom. The van der Waals surface area contributed by atoms with Gasteiger partial charge in [-0.1, -0.05) is 15.2 Å². The van der Waals surface area contributed by atoms with Gasteiger partial charge in [-0.3, -0.25) is 0 Å². The van der Waals surface area contributed by atoms with Crippen molar-refractivity contribution in [2.45, 2.75) is 0 Å². The van der Waals surface area contributed by atoms with Crippen LogP contribution in [0.15, 0.2) is 0 Å². The second-order valence-electron chi connectivity index (χ2n) is 1.54. The standard InChI is InChI=1S/2CH5O3P.2Na/c2*1-5(2,3)4;;/h2*1H3,(H2,2,3,4);;/q;;2*+2/p-4. The van der Waals surface area contributed by atoms with Crippen molar-refractivity contribution in [3.05, 3.63) is 0 Å². The quantitative estimate of drug-likeness (QED) is 0.313. The summed E-state index contributed by atoms with van der Waals surface area (Å²) in [6, 6.07) is 0. The molecular formula is C2H6Na2O6P2. The van der Waals surface area contributed by atoms with E-state index in [9.17, 15) is 0 Å². The maximum atomic E-state index is 9.10. The van der Waals surface area contributed by atoms with Gasteiger partial charge in [-0.05, 0) is 13.3 Å². The van der Waals surface area contributed by atoms with Crippen LogP contribution in [-0.2, 0) is 9.13 Å². The molecule has 18 radical (unpaired) electrons. The zero-order chi connectivity index (χ0) is 9.00.